The molecule has 2 amide bonds. The number of amides is 2. The van der Waals surface area contributed by atoms with Crippen LogP contribution in [-0.2, 0) is 27.0 Å². The second-order valence-corrected chi connectivity index (χ2v) is 21.8. The van der Waals surface area contributed by atoms with Gasteiger partial charge in [-0.25, -0.2) is 9.97 Å². The smallest absolute Gasteiger partial charge is 0.249 e. The SMILES string of the molecule is CCc1cc(Nc2ncc(Br)c(Nc3ccc4nc(C)ccc4c3P(C)(C)=O)n2)c(OC)cc1N1CCC(N2CCN(CCc3ccc4c(c3)ncn4C3CCC(=O)NC3=O)CC2)CC1. The Balaban J connectivity index is 0.799. The van der Waals surface area contributed by atoms with Gasteiger partial charge in [0, 0.05) is 92.6 Å². The number of aromatic nitrogens is 5. The van der Waals surface area contributed by atoms with Crippen LogP contribution in [0.1, 0.15) is 55.5 Å². The van der Waals surface area contributed by atoms with Crippen molar-refractivity contribution in [3.8, 4) is 5.75 Å². The predicted molar refractivity (Wildman–Crippen MR) is 262 cm³/mol. The number of benzene rings is 3. The van der Waals surface area contributed by atoms with E-state index in [0.29, 0.717) is 40.8 Å². The second kappa shape index (κ2) is 18.8. The number of halogens is 1. The van der Waals surface area contributed by atoms with Gasteiger partial charge in [0.1, 0.15) is 24.8 Å². The van der Waals surface area contributed by atoms with E-state index < -0.39 is 13.2 Å². The topological polar surface area (TPSA) is 163 Å². The van der Waals surface area contributed by atoms with Gasteiger partial charge in [0.2, 0.25) is 17.8 Å². The minimum Gasteiger partial charge on any atom is -0.494 e. The van der Waals surface area contributed by atoms with E-state index in [1.54, 1.807) is 33.0 Å². The number of imidazole rings is 1. The van der Waals surface area contributed by atoms with Crippen LogP contribution in [0, 0.1) is 6.92 Å². The molecule has 340 valence electrons. The van der Waals surface area contributed by atoms with Crippen LogP contribution < -0.4 is 30.9 Å². The number of rotatable bonds is 13. The number of hydrogen-bond acceptors (Lipinski definition) is 13. The summed E-state index contributed by atoms with van der Waals surface area (Å²) < 4.78 is 22.2. The fourth-order valence-corrected chi connectivity index (χ4v) is 11.5. The molecule has 0 spiro atoms. The van der Waals surface area contributed by atoms with Gasteiger partial charge < -0.3 is 34.3 Å². The molecular weight excluding hydrogens is 905 g/mol. The number of nitrogens with one attached hydrogen (secondary N) is 3. The molecule has 1 atom stereocenters. The number of piperazine rings is 1. The van der Waals surface area contributed by atoms with Gasteiger partial charge in [0.05, 0.1) is 45.8 Å². The summed E-state index contributed by atoms with van der Waals surface area (Å²) >= 11 is 3.63. The van der Waals surface area contributed by atoms with Crippen LogP contribution in [-0.4, -0.2) is 118 Å². The number of fused-ring (bicyclic) bond motifs is 2. The van der Waals surface area contributed by atoms with E-state index in [1.807, 2.05) is 35.8 Å². The van der Waals surface area contributed by atoms with Crippen molar-refractivity contribution >= 4 is 91.0 Å². The van der Waals surface area contributed by atoms with E-state index in [0.717, 1.165) is 116 Å². The van der Waals surface area contributed by atoms with Crippen molar-refractivity contribution in [1.29, 1.82) is 0 Å². The molecule has 0 saturated carbocycles. The van der Waals surface area contributed by atoms with Crippen molar-refractivity contribution in [3.05, 3.63) is 88.4 Å². The summed E-state index contributed by atoms with van der Waals surface area (Å²) in [6.45, 7) is 14.9. The molecule has 3 saturated heterocycles. The number of nitrogens with zero attached hydrogens (tertiary/aromatic N) is 8. The molecule has 3 aliphatic heterocycles. The Kier molecular flexibility index (Phi) is 13.0. The summed E-state index contributed by atoms with van der Waals surface area (Å²) in [5.74, 6) is 1.19. The van der Waals surface area contributed by atoms with Crippen LogP contribution in [0.2, 0.25) is 0 Å². The number of methoxy groups -OCH3 is 1. The van der Waals surface area contributed by atoms with E-state index in [4.69, 9.17) is 9.72 Å². The van der Waals surface area contributed by atoms with Gasteiger partial charge >= 0.3 is 0 Å². The lowest BCUT2D eigenvalue weighted by atomic mass is 9.99. The third-order valence-electron chi connectivity index (χ3n) is 13.2. The molecule has 9 rings (SSSR count). The molecule has 0 aliphatic carbocycles. The zero-order valence-corrected chi connectivity index (χ0v) is 40.2. The van der Waals surface area contributed by atoms with E-state index in [1.165, 1.54) is 16.8 Å². The summed E-state index contributed by atoms with van der Waals surface area (Å²) in [5, 5.41) is 10.9. The molecule has 3 fully saturated rings. The molecule has 0 radical (unpaired) electrons. The predicted octanol–water partition coefficient (Wildman–Crippen LogP) is 7.56. The van der Waals surface area contributed by atoms with Gasteiger partial charge in [0.25, 0.3) is 0 Å². The average Bonchev–Trinajstić information content (AvgIpc) is 3.72. The van der Waals surface area contributed by atoms with Crippen molar-refractivity contribution in [3.63, 3.8) is 0 Å². The molecular formula is C48H57BrN11O4P. The fourth-order valence-electron chi connectivity index (χ4n) is 9.73. The van der Waals surface area contributed by atoms with Crippen molar-refractivity contribution in [1.82, 2.24) is 39.6 Å². The molecule has 17 heteroatoms. The van der Waals surface area contributed by atoms with Gasteiger partial charge in [0.15, 0.2) is 0 Å². The standard InChI is InChI=1S/C48H57BrN11O4P/c1-6-32-26-39(54-48-50-28-35(49)46(56-48)53-37-11-10-36-34(9-7-30(2)52-36)45(37)65(4,5)63)43(64-3)27-42(32)59-19-16-33(17-20-59)58-23-21-57(22-24-58)18-15-31-8-12-40-38(25-31)51-29-60(40)41-13-14-44(61)55-47(41)62/h7-12,25-29,33,41H,6,13-24H2,1-5H3,(H,55,61,62)(H2,50,53,54,56). The first-order valence-corrected chi connectivity index (χ1v) is 26.0. The van der Waals surface area contributed by atoms with Crippen molar-refractivity contribution in [2.24, 2.45) is 0 Å². The maximum Gasteiger partial charge on any atom is 0.249 e. The summed E-state index contributed by atoms with van der Waals surface area (Å²) in [4.78, 5) is 50.6. The van der Waals surface area contributed by atoms with Gasteiger partial charge in [-0.1, -0.05) is 19.1 Å². The monoisotopic (exact) mass is 961 g/mol. The van der Waals surface area contributed by atoms with Gasteiger partial charge in [-0.15, -0.1) is 0 Å². The second-order valence-electron chi connectivity index (χ2n) is 17.8. The number of pyridine rings is 1. The van der Waals surface area contributed by atoms with E-state index in [9.17, 15) is 14.2 Å². The van der Waals surface area contributed by atoms with E-state index in [2.05, 4.69) is 98.8 Å². The van der Waals surface area contributed by atoms with Crippen LogP contribution in [0.5, 0.6) is 5.75 Å². The number of piperidine rings is 2. The molecule has 65 heavy (non-hydrogen) atoms. The largest absolute Gasteiger partial charge is 0.494 e. The van der Waals surface area contributed by atoms with Crippen molar-refractivity contribution in [2.45, 2.75) is 64.5 Å². The number of anilines is 5. The lowest BCUT2D eigenvalue weighted by Crippen LogP contribution is -2.53. The minimum absolute atomic E-state index is 0.211. The van der Waals surface area contributed by atoms with Gasteiger partial charge in [-0.05, 0) is 116 Å². The Morgan fingerprint density at radius 3 is 2.43 bits per heavy atom. The molecule has 0 bridgehead atoms. The number of carbonyl (C=O) groups excluding carboxylic acids is 2. The van der Waals surface area contributed by atoms with Gasteiger partial charge in [-0.2, -0.15) is 4.98 Å². The number of aryl methyl sites for hydroxylation is 2. The van der Waals surface area contributed by atoms with E-state index >= 15 is 0 Å². The highest BCUT2D eigenvalue weighted by Crippen LogP contribution is 2.42. The third-order valence-corrected chi connectivity index (χ3v) is 15.3. The molecule has 3 aromatic carbocycles. The number of imide groups is 1. The van der Waals surface area contributed by atoms with Crippen LogP contribution in [0.4, 0.5) is 28.8 Å². The Morgan fingerprint density at radius 1 is 0.892 bits per heavy atom. The highest BCUT2D eigenvalue weighted by Gasteiger charge is 2.31. The van der Waals surface area contributed by atoms with Crippen LogP contribution >= 0.6 is 23.1 Å². The lowest BCUT2D eigenvalue weighted by Gasteiger charge is -2.43. The summed E-state index contributed by atoms with van der Waals surface area (Å²) in [6.07, 6.45) is 8.30. The minimum atomic E-state index is -2.72. The fraction of sp³-hybridized carbons (Fsp3) is 0.417. The van der Waals surface area contributed by atoms with Crippen molar-refractivity contribution in [2.75, 3.05) is 81.8 Å². The summed E-state index contributed by atoms with van der Waals surface area (Å²) in [6, 6.07) is 18.6. The third kappa shape index (κ3) is 9.63. The first-order chi connectivity index (χ1) is 31.3. The molecule has 6 aromatic rings. The van der Waals surface area contributed by atoms with Gasteiger partial charge in [-0.3, -0.25) is 24.8 Å². The zero-order valence-electron chi connectivity index (χ0n) is 37.7. The molecule has 3 aromatic heterocycles. The summed E-state index contributed by atoms with van der Waals surface area (Å²) in [5.41, 5.74) is 8.68. The van der Waals surface area contributed by atoms with Crippen LogP contribution in [0.3, 0.4) is 0 Å². The quantitative estimate of drug-likeness (QED) is 0.0769. The Labute approximate surface area is 388 Å². The number of ether oxygens (including phenoxy) is 1. The first kappa shape index (κ1) is 44.8. The van der Waals surface area contributed by atoms with Crippen LogP contribution in [0.15, 0.2) is 71.6 Å². The molecule has 15 nitrogen and oxygen atoms in total. The molecule has 3 N–H and O–H groups in total. The van der Waals surface area contributed by atoms with Crippen LogP contribution in [0.25, 0.3) is 21.9 Å². The highest BCUT2D eigenvalue weighted by atomic mass is 79.9. The maximum atomic E-state index is 13.7. The highest BCUT2D eigenvalue weighted by molar-refractivity contribution is 9.10. The Bertz CT molecular complexity index is 2810. The maximum absolute atomic E-state index is 13.7. The van der Waals surface area contributed by atoms with E-state index in [-0.39, 0.29) is 11.8 Å². The lowest BCUT2D eigenvalue weighted by molar-refractivity contribution is -0.135. The average molecular weight is 963 g/mol. The number of carbonyl (C=O) groups is 2. The molecule has 6 heterocycles. The Hall–Kier alpha value is -5.41. The molecule has 3 aliphatic rings. The first-order valence-electron chi connectivity index (χ1n) is 22.6. The number of hydrogen-bond donors (Lipinski definition) is 3. The molecule has 1 unspecified atom stereocenters. The summed E-state index contributed by atoms with van der Waals surface area (Å²) in [7, 11) is -1.03. The Morgan fingerprint density at radius 2 is 1.69 bits per heavy atom. The zero-order chi connectivity index (χ0) is 45.4. The van der Waals surface area contributed by atoms with Crippen molar-refractivity contribution < 1.29 is 18.9 Å². The normalized spacial score (nSPS) is 18.1.